The number of hydrazone groups is 1. The van der Waals surface area contributed by atoms with Crippen LogP contribution in [0.3, 0.4) is 0 Å². The van der Waals surface area contributed by atoms with Crippen LogP contribution >= 0.6 is 11.8 Å². The Morgan fingerprint density at radius 1 is 0.939 bits per heavy atom. The third-order valence-corrected chi connectivity index (χ3v) is 5.68. The predicted molar refractivity (Wildman–Crippen MR) is 132 cm³/mol. The van der Waals surface area contributed by atoms with Crippen LogP contribution in [0.4, 0.5) is 0 Å². The lowest BCUT2D eigenvalue weighted by Gasteiger charge is -2.14. The van der Waals surface area contributed by atoms with E-state index in [9.17, 15) is 9.59 Å². The number of benzene rings is 3. The standard InChI is InChI=1S/C26H27N3O3S/c1-20(22-8-4-2-5-9-22)28-26(31)19-32-23-14-12-21(13-15-23)18-27-29-25(30)16-17-33-24-10-6-3-7-11-24/h2-15,18,20H,16-17,19H2,1H3,(H,28,31)(H,29,30)/b27-18-/t20-/m0/s1. The number of nitrogens with zero attached hydrogens (tertiary/aromatic N) is 1. The number of hydrogen-bond donors (Lipinski definition) is 2. The molecule has 0 heterocycles. The van der Waals surface area contributed by atoms with Gasteiger partial charge in [0.25, 0.3) is 5.91 Å². The van der Waals surface area contributed by atoms with Gasteiger partial charge in [-0.25, -0.2) is 5.43 Å². The third kappa shape index (κ3) is 8.82. The van der Waals surface area contributed by atoms with Crippen LogP contribution in [0.5, 0.6) is 5.75 Å². The molecule has 2 amide bonds. The van der Waals surface area contributed by atoms with Crippen molar-refractivity contribution in [1.82, 2.24) is 10.7 Å². The third-order valence-electron chi connectivity index (χ3n) is 4.67. The maximum Gasteiger partial charge on any atom is 0.258 e. The molecule has 33 heavy (non-hydrogen) atoms. The molecule has 3 aromatic rings. The van der Waals surface area contributed by atoms with Crippen LogP contribution < -0.4 is 15.5 Å². The Labute approximate surface area is 198 Å². The van der Waals surface area contributed by atoms with E-state index in [0.717, 1.165) is 16.0 Å². The predicted octanol–water partition coefficient (Wildman–Crippen LogP) is 4.58. The fourth-order valence-corrected chi connectivity index (χ4v) is 3.79. The van der Waals surface area contributed by atoms with Gasteiger partial charge in [0, 0.05) is 17.1 Å². The molecule has 3 aromatic carbocycles. The number of carbonyl (C=O) groups is 2. The molecule has 0 aliphatic heterocycles. The van der Waals surface area contributed by atoms with Gasteiger partial charge in [-0.3, -0.25) is 9.59 Å². The van der Waals surface area contributed by atoms with Crippen molar-refractivity contribution in [1.29, 1.82) is 0 Å². The Kier molecular flexibility index (Phi) is 9.54. The van der Waals surface area contributed by atoms with E-state index in [1.54, 1.807) is 42.2 Å². The number of hydrogen-bond acceptors (Lipinski definition) is 5. The zero-order valence-corrected chi connectivity index (χ0v) is 19.3. The van der Waals surface area contributed by atoms with Gasteiger partial charge >= 0.3 is 0 Å². The second-order valence-corrected chi connectivity index (χ2v) is 8.43. The Hall–Kier alpha value is -3.58. The summed E-state index contributed by atoms with van der Waals surface area (Å²) >= 11 is 1.63. The fourth-order valence-electron chi connectivity index (χ4n) is 2.92. The van der Waals surface area contributed by atoms with Gasteiger partial charge in [-0.05, 0) is 54.4 Å². The largest absolute Gasteiger partial charge is 0.484 e. The molecular formula is C26H27N3O3S. The Bertz CT molecular complexity index is 1040. The summed E-state index contributed by atoms with van der Waals surface area (Å²) in [5.41, 5.74) is 4.38. The van der Waals surface area contributed by atoms with Gasteiger partial charge in [0.1, 0.15) is 5.75 Å². The average molecular weight is 462 g/mol. The van der Waals surface area contributed by atoms with E-state index in [1.807, 2.05) is 67.6 Å². The molecule has 170 valence electrons. The minimum Gasteiger partial charge on any atom is -0.484 e. The summed E-state index contributed by atoms with van der Waals surface area (Å²) in [6.45, 7) is 1.87. The minimum atomic E-state index is -0.190. The van der Waals surface area contributed by atoms with Gasteiger partial charge in [-0.15, -0.1) is 11.8 Å². The van der Waals surface area contributed by atoms with Gasteiger partial charge in [0.15, 0.2) is 6.61 Å². The highest BCUT2D eigenvalue weighted by atomic mass is 32.2. The van der Waals surface area contributed by atoms with Crippen LogP contribution in [0.1, 0.15) is 30.5 Å². The average Bonchev–Trinajstić information content (AvgIpc) is 2.85. The van der Waals surface area contributed by atoms with E-state index in [1.165, 1.54) is 0 Å². The van der Waals surface area contributed by atoms with Crippen molar-refractivity contribution in [3.05, 3.63) is 96.1 Å². The number of amides is 2. The zero-order chi connectivity index (χ0) is 23.3. The van der Waals surface area contributed by atoms with Gasteiger partial charge in [-0.2, -0.15) is 5.10 Å². The molecule has 0 saturated carbocycles. The van der Waals surface area contributed by atoms with E-state index in [-0.39, 0.29) is 24.5 Å². The lowest BCUT2D eigenvalue weighted by Crippen LogP contribution is -2.31. The van der Waals surface area contributed by atoms with Crippen LogP contribution in [-0.4, -0.2) is 30.4 Å². The molecule has 3 rings (SSSR count). The normalized spacial score (nSPS) is 11.7. The minimum absolute atomic E-state index is 0.0678. The summed E-state index contributed by atoms with van der Waals surface area (Å²) in [6, 6.07) is 26.8. The van der Waals surface area contributed by atoms with Crippen LogP contribution in [0.2, 0.25) is 0 Å². The van der Waals surface area contributed by atoms with E-state index < -0.39 is 0 Å². The fraction of sp³-hybridized carbons (Fsp3) is 0.192. The Morgan fingerprint density at radius 2 is 1.61 bits per heavy atom. The van der Waals surface area contributed by atoms with Crippen LogP contribution in [-0.2, 0) is 9.59 Å². The molecular weight excluding hydrogens is 434 g/mol. The summed E-state index contributed by atoms with van der Waals surface area (Å²) in [6.07, 6.45) is 1.95. The first-order valence-corrected chi connectivity index (χ1v) is 11.7. The first kappa shape index (κ1) is 24.1. The lowest BCUT2D eigenvalue weighted by atomic mass is 10.1. The van der Waals surface area contributed by atoms with Crippen molar-refractivity contribution >= 4 is 29.8 Å². The molecule has 0 aliphatic carbocycles. The maximum atomic E-state index is 12.1. The summed E-state index contributed by atoms with van der Waals surface area (Å²) < 4.78 is 5.55. The summed E-state index contributed by atoms with van der Waals surface area (Å²) in [4.78, 5) is 25.2. The van der Waals surface area contributed by atoms with Crippen LogP contribution in [0.15, 0.2) is 94.9 Å². The monoisotopic (exact) mass is 461 g/mol. The van der Waals surface area contributed by atoms with Crippen molar-refractivity contribution in [2.75, 3.05) is 12.4 Å². The summed E-state index contributed by atoms with van der Waals surface area (Å²) in [5, 5.41) is 6.91. The van der Waals surface area contributed by atoms with Crippen molar-refractivity contribution in [2.45, 2.75) is 24.3 Å². The van der Waals surface area contributed by atoms with Crippen molar-refractivity contribution in [3.63, 3.8) is 0 Å². The number of nitrogens with one attached hydrogen (secondary N) is 2. The molecule has 0 unspecified atom stereocenters. The van der Waals surface area contributed by atoms with Crippen molar-refractivity contribution in [2.24, 2.45) is 5.10 Å². The first-order chi connectivity index (χ1) is 16.1. The molecule has 0 aliphatic rings. The van der Waals surface area contributed by atoms with E-state index >= 15 is 0 Å². The van der Waals surface area contributed by atoms with Crippen LogP contribution in [0.25, 0.3) is 0 Å². The molecule has 0 fully saturated rings. The smallest absolute Gasteiger partial charge is 0.258 e. The molecule has 7 heteroatoms. The maximum absolute atomic E-state index is 12.1. The first-order valence-electron chi connectivity index (χ1n) is 10.7. The molecule has 0 bridgehead atoms. The number of carbonyl (C=O) groups excluding carboxylic acids is 2. The lowest BCUT2D eigenvalue weighted by molar-refractivity contribution is -0.123. The van der Waals surface area contributed by atoms with Gasteiger partial charge < -0.3 is 10.1 Å². The molecule has 2 N–H and O–H groups in total. The SMILES string of the molecule is C[C@H](NC(=O)COc1ccc(/C=N\NC(=O)CCSc2ccccc2)cc1)c1ccccc1. The van der Waals surface area contributed by atoms with Crippen molar-refractivity contribution < 1.29 is 14.3 Å². The van der Waals surface area contributed by atoms with E-state index in [0.29, 0.717) is 17.9 Å². The number of rotatable bonds is 11. The summed E-state index contributed by atoms with van der Waals surface area (Å²) in [5.74, 6) is 0.946. The zero-order valence-electron chi connectivity index (χ0n) is 18.4. The van der Waals surface area contributed by atoms with Crippen molar-refractivity contribution in [3.8, 4) is 5.75 Å². The van der Waals surface area contributed by atoms with Gasteiger partial charge in [-0.1, -0.05) is 48.5 Å². The summed E-state index contributed by atoms with van der Waals surface area (Å²) in [7, 11) is 0. The van der Waals surface area contributed by atoms with E-state index in [4.69, 9.17) is 4.74 Å². The molecule has 1 atom stereocenters. The highest BCUT2D eigenvalue weighted by molar-refractivity contribution is 7.99. The molecule has 6 nitrogen and oxygen atoms in total. The Balaban J connectivity index is 1.35. The number of thioether (sulfide) groups is 1. The second kappa shape index (κ2) is 13.1. The number of ether oxygens (including phenoxy) is 1. The Morgan fingerprint density at radius 3 is 2.30 bits per heavy atom. The van der Waals surface area contributed by atoms with Gasteiger partial charge in [0.2, 0.25) is 5.91 Å². The van der Waals surface area contributed by atoms with E-state index in [2.05, 4.69) is 15.8 Å². The van der Waals surface area contributed by atoms with Crippen LogP contribution in [0, 0.1) is 0 Å². The molecule has 0 radical (unpaired) electrons. The topological polar surface area (TPSA) is 79.8 Å². The molecule has 0 spiro atoms. The molecule has 0 saturated heterocycles. The highest BCUT2D eigenvalue weighted by Gasteiger charge is 2.09. The quantitative estimate of drug-likeness (QED) is 0.249. The molecule has 0 aromatic heterocycles. The van der Waals surface area contributed by atoms with Gasteiger partial charge in [0.05, 0.1) is 12.3 Å². The second-order valence-electron chi connectivity index (χ2n) is 7.26. The highest BCUT2D eigenvalue weighted by Crippen LogP contribution is 2.17.